The first-order valence-electron chi connectivity index (χ1n) is 5.48. The molecule has 1 aromatic carbocycles. The van der Waals surface area contributed by atoms with Crippen LogP contribution in [-0.2, 0) is 7.05 Å². The third-order valence-corrected chi connectivity index (χ3v) is 2.62. The summed E-state index contributed by atoms with van der Waals surface area (Å²) in [4.78, 5) is 27.4. The lowest BCUT2D eigenvalue weighted by Crippen LogP contribution is -2.14. The minimum atomic E-state index is -0.848. The topological polar surface area (TPSA) is 52.0 Å². The van der Waals surface area contributed by atoms with Gasteiger partial charge in [-0.15, -0.1) is 0 Å². The average Bonchev–Trinajstić information content (AvgIpc) is 2.78. The minimum Gasteiger partial charge on any atom is -0.332 e. The van der Waals surface area contributed by atoms with E-state index < -0.39 is 35.2 Å². The van der Waals surface area contributed by atoms with E-state index in [1.807, 2.05) is 0 Å². The van der Waals surface area contributed by atoms with E-state index in [-0.39, 0.29) is 5.82 Å². The molecule has 1 aromatic heterocycles. The lowest BCUT2D eigenvalue weighted by atomic mass is 10.0. The van der Waals surface area contributed by atoms with Crippen LogP contribution in [0.15, 0.2) is 30.6 Å². The maximum atomic E-state index is 13.4. The maximum absolute atomic E-state index is 13.4. The van der Waals surface area contributed by atoms with Gasteiger partial charge in [-0.2, -0.15) is 0 Å². The molecule has 6 heteroatoms. The first-order valence-corrected chi connectivity index (χ1v) is 5.48. The van der Waals surface area contributed by atoms with E-state index in [1.54, 1.807) is 13.2 Å². The summed E-state index contributed by atoms with van der Waals surface area (Å²) in [6, 6.07) is 2.55. The standard InChI is InChI=1S/C13H10F2N2O2/c1-17-5-4-16-13(17)12(19)7-11(18)9-6-8(14)2-3-10(9)15/h2-6H,7H2,1H3. The van der Waals surface area contributed by atoms with E-state index in [2.05, 4.69) is 4.98 Å². The van der Waals surface area contributed by atoms with Crippen LogP contribution < -0.4 is 0 Å². The van der Waals surface area contributed by atoms with Gasteiger partial charge in [0.25, 0.3) is 0 Å². The maximum Gasteiger partial charge on any atom is 0.205 e. The number of imidazole rings is 1. The molecule has 0 bridgehead atoms. The third kappa shape index (κ3) is 2.73. The summed E-state index contributed by atoms with van der Waals surface area (Å²) in [5, 5.41) is 0. The molecule has 19 heavy (non-hydrogen) atoms. The molecule has 0 atom stereocenters. The molecule has 0 aliphatic heterocycles. The van der Waals surface area contributed by atoms with Gasteiger partial charge in [-0.1, -0.05) is 0 Å². The number of aromatic nitrogens is 2. The SMILES string of the molecule is Cn1ccnc1C(=O)CC(=O)c1cc(F)ccc1F. The van der Waals surface area contributed by atoms with Gasteiger partial charge >= 0.3 is 0 Å². The first-order chi connectivity index (χ1) is 8.99. The van der Waals surface area contributed by atoms with Gasteiger partial charge in [-0.3, -0.25) is 9.59 Å². The van der Waals surface area contributed by atoms with E-state index in [0.29, 0.717) is 0 Å². The number of halogens is 2. The van der Waals surface area contributed by atoms with Crippen molar-refractivity contribution in [3.8, 4) is 0 Å². The highest BCUT2D eigenvalue weighted by molar-refractivity contribution is 6.12. The molecule has 0 aliphatic rings. The van der Waals surface area contributed by atoms with Gasteiger partial charge in [0.1, 0.15) is 11.6 Å². The molecule has 0 spiro atoms. The van der Waals surface area contributed by atoms with Crippen LogP contribution in [0, 0.1) is 11.6 Å². The molecular formula is C13H10F2N2O2. The zero-order valence-electron chi connectivity index (χ0n) is 10.1. The molecule has 0 N–H and O–H groups in total. The number of hydrogen-bond donors (Lipinski definition) is 0. The molecule has 4 nitrogen and oxygen atoms in total. The number of aryl methyl sites for hydroxylation is 1. The van der Waals surface area contributed by atoms with Crippen molar-refractivity contribution in [3.63, 3.8) is 0 Å². The van der Waals surface area contributed by atoms with E-state index in [0.717, 1.165) is 18.2 Å². The lowest BCUT2D eigenvalue weighted by molar-refractivity contribution is 0.0884. The zero-order valence-corrected chi connectivity index (χ0v) is 10.1. The van der Waals surface area contributed by atoms with Gasteiger partial charge in [-0.25, -0.2) is 13.8 Å². The monoisotopic (exact) mass is 264 g/mol. The summed E-state index contributed by atoms with van der Waals surface area (Å²) in [7, 11) is 1.60. The molecule has 0 amide bonds. The van der Waals surface area contributed by atoms with Crippen molar-refractivity contribution < 1.29 is 18.4 Å². The fraction of sp³-hybridized carbons (Fsp3) is 0.154. The summed E-state index contributed by atoms with van der Waals surface area (Å²) >= 11 is 0. The van der Waals surface area contributed by atoms with Crippen LogP contribution in [0.5, 0.6) is 0 Å². The highest BCUT2D eigenvalue weighted by Gasteiger charge is 2.19. The molecule has 98 valence electrons. The normalized spacial score (nSPS) is 10.5. The second-order valence-corrected chi connectivity index (χ2v) is 4.01. The van der Waals surface area contributed by atoms with Gasteiger partial charge in [0.05, 0.1) is 12.0 Å². The smallest absolute Gasteiger partial charge is 0.205 e. The number of benzene rings is 1. The van der Waals surface area contributed by atoms with Gasteiger partial charge in [-0.05, 0) is 18.2 Å². The Morgan fingerprint density at radius 3 is 2.63 bits per heavy atom. The summed E-state index contributed by atoms with van der Waals surface area (Å²) in [6.45, 7) is 0. The Labute approximate surface area is 107 Å². The molecule has 0 saturated carbocycles. The predicted molar refractivity (Wildman–Crippen MR) is 62.8 cm³/mol. The number of hydrogen-bond acceptors (Lipinski definition) is 3. The van der Waals surface area contributed by atoms with Crippen LogP contribution in [0.1, 0.15) is 27.4 Å². The largest absolute Gasteiger partial charge is 0.332 e. The molecule has 0 radical (unpaired) electrons. The van der Waals surface area contributed by atoms with Crippen molar-refractivity contribution in [2.45, 2.75) is 6.42 Å². The fourth-order valence-electron chi connectivity index (χ4n) is 1.67. The van der Waals surface area contributed by atoms with Crippen LogP contribution >= 0.6 is 0 Å². The van der Waals surface area contributed by atoms with Gasteiger partial charge in [0.2, 0.25) is 5.78 Å². The van der Waals surface area contributed by atoms with Gasteiger partial charge in [0, 0.05) is 19.4 Å². The van der Waals surface area contributed by atoms with Crippen molar-refractivity contribution in [2.75, 3.05) is 0 Å². The van der Waals surface area contributed by atoms with E-state index in [1.165, 1.54) is 10.8 Å². The minimum absolute atomic E-state index is 0.102. The predicted octanol–water partition coefficient (Wildman–Crippen LogP) is 2.15. The fourth-order valence-corrected chi connectivity index (χ4v) is 1.67. The van der Waals surface area contributed by atoms with Crippen molar-refractivity contribution in [1.82, 2.24) is 9.55 Å². The van der Waals surface area contributed by atoms with Crippen LogP contribution in [0.4, 0.5) is 8.78 Å². The molecule has 0 fully saturated rings. The van der Waals surface area contributed by atoms with Crippen LogP contribution in [0.3, 0.4) is 0 Å². The molecule has 2 rings (SSSR count). The Morgan fingerprint density at radius 2 is 2.00 bits per heavy atom. The number of rotatable bonds is 4. The number of carbonyl (C=O) groups is 2. The molecule has 2 aromatic rings. The highest BCUT2D eigenvalue weighted by atomic mass is 19.1. The molecule has 1 heterocycles. The van der Waals surface area contributed by atoms with E-state index in [4.69, 9.17) is 0 Å². The Hall–Kier alpha value is -2.37. The van der Waals surface area contributed by atoms with Crippen LogP contribution in [0.25, 0.3) is 0 Å². The van der Waals surface area contributed by atoms with Crippen molar-refractivity contribution >= 4 is 11.6 Å². The molecule has 0 unspecified atom stereocenters. The molecular weight excluding hydrogens is 254 g/mol. The Bertz CT molecular complexity index is 650. The van der Waals surface area contributed by atoms with Crippen molar-refractivity contribution in [3.05, 3.63) is 53.6 Å². The average molecular weight is 264 g/mol. The number of ketones is 2. The summed E-state index contributed by atoms with van der Waals surface area (Å²) in [5.74, 6) is -2.79. The summed E-state index contributed by atoms with van der Waals surface area (Å²) in [5.41, 5.74) is -0.428. The van der Waals surface area contributed by atoms with E-state index >= 15 is 0 Å². The third-order valence-electron chi connectivity index (χ3n) is 2.62. The zero-order chi connectivity index (χ0) is 14.0. The number of carbonyl (C=O) groups excluding carboxylic acids is 2. The van der Waals surface area contributed by atoms with Crippen molar-refractivity contribution in [2.24, 2.45) is 7.05 Å². The lowest BCUT2D eigenvalue weighted by Gasteiger charge is -2.03. The summed E-state index contributed by atoms with van der Waals surface area (Å²) < 4.78 is 27.8. The molecule has 0 aliphatic carbocycles. The second kappa shape index (κ2) is 5.09. The summed E-state index contributed by atoms with van der Waals surface area (Å²) in [6.07, 6.45) is 2.42. The van der Waals surface area contributed by atoms with Gasteiger partial charge in [0.15, 0.2) is 11.6 Å². The van der Waals surface area contributed by atoms with Crippen LogP contribution in [0.2, 0.25) is 0 Å². The quantitative estimate of drug-likeness (QED) is 0.628. The first kappa shape index (κ1) is 13.1. The van der Waals surface area contributed by atoms with E-state index in [9.17, 15) is 18.4 Å². The highest BCUT2D eigenvalue weighted by Crippen LogP contribution is 2.13. The number of nitrogens with zero attached hydrogens (tertiary/aromatic N) is 2. The Morgan fingerprint density at radius 1 is 1.26 bits per heavy atom. The second-order valence-electron chi connectivity index (χ2n) is 4.01. The van der Waals surface area contributed by atoms with Gasteiger partial charge < -0.3 is 4.57 Å². The van der Waals surface area contributed by atoms with Crippen LogP contribution in [-0.4, -0.2) is 21.1 Å². The Balaban J connectivity index is 2.20. The van der Waals surface area contributed by atoms with Crippen molar-refractivity contribution in [1.29, 1.82) is 0 Å². The Kier molecular flexibility index (Phi) is 3.50. The molecule has 0 saturated heterocycles. The number of Topliss-reactive ketones (excluding diaryl/α,β-unsaturated/α-hetero) is 2.